The molecule has 1 aromatic carbocycles. The molecule has 4 aromatic rings. The maximum absolute atomic E-state index is 12.8. The maximum atomic E-state index is 12.8. The lowest BCUT2D eigenvalue weighted by molar-refractivity contribution is -0.774. The predicted molar refractivity (Wildman–Crippen MR) is 112 cm³/mol. The second-order valence-electron chi connectivity index (χ2n) is 7.49. The van der Waals surface area contributed by atoms with Gasteiger partial charge in [-0.25, -0.2) is 4.99 Å². The van der Waals surface area contributed by atoms with Gasteiger partial charge in [-0.15, -0.1) is 0 Å². The summed E-state index contributed by atoms with van der Waals surface area (Å²) < 4.78 is 50.1. The average Bonchev–Trinajstić information content (AvgIpc) is 3.39. The Bertz CT molecular complexity index is 1310. The molecule has 176 valence electrons. The van der Waals surface area contributed by atoms with E-state index in [0.717, 1.165) is 34.3 Å². The fourth-order valence-corrected chi connectivity index (χ4v) is 3.37. The van der Waals surface area contributed by atoms with Gasteiger partial charge in [0.1, 0.15) is 11.5 Å². The van der Waals surface area contributed by atoms with Crippen LogP contribution in [-0.4, -0.2) is 21.4 Å². The Labute approximate surface area is 191 Å². The van der Waals surface area contributed by atoms with E-state index in [1.165, 1.54) is 16.9 Å². The van der Waals surface area contributed by atoms with Gasteiger partial charge >= 0.3 is 12.1 Å². The Morgan fingerprint density at radius 3 is 2.53 bits per heavy atom. The molecule has 0 saturated carbocycles. The van der Waals surface area contributed by atoms with Crippen LogP contribution in [0.1, 0.15) is 35.7 Å². The molecule has 12 heteroatoms. The van der Waals surface area contributed by atoms with Crippen molar-refractivity contribution in [3.63, 3.8) is 0 Å². The van der Waals surface area contributed by atoms with Gasteiger partial charge in [0.25, 0.3) is 6.20 Å². The van der Waals surface area contributed by atoms with Crippen molar-refractivity contribution in [2.24, 2.45) is 4.99 Å². The maximum Gasteiger partial charge on any atom is 0.433 e. The molecular formula is C22H19F3N6O3. The molecular weight excluding hydrogens is 453 g/mol. The Morgan fingerprint density at radius 2 is 1.88 bits per heavy atom. The molecule has 0 unspecified atom stereocenters. The molecule has 3 heterocycles. The van der Waals surface area contributed by atoms with Crippen LogP contribution in [0.15, 0.2) is 62.8 Å². The Balaban J connectivity index is 1.47. The van der Waals surface area contributed by atoms with Crippen LogP contribution >= 0.6 is 0 Å². The number of aromatic nitrogens is 4. The zero-order valence-electron chi connectivity index (χ0n) is 18.3. The summed E-state index contributed by atoms with van der Waals surface area (Å²) in [7, 11) is 0. The monoisotopic (exact) mass is 472 g/mol. The molecule has 0 spiro atoms. The van der Waals surface area contributed by atoms with Crippen molar-refractivity contribution >= 4 is 17.6 Å². The van der Waals surface area contributed by atoms with Crippen LogP contribution in [0.4, 0.5) is 24.7 Å². The van der Waals surface area contributed by atoms with Crippen molar-refractivity contribution in [2.45, 2.75) is 33.0 Å². The van der Waals surface area contributed by atoms with Crippen LogP contribution < -0.4 is 15.1 Å². The van der Waals surface area contributed by atoms with E-state index in [1.54, 1.807) is 0 Å². The summed E-state index contributed by atoms with van der Waals surface area (Å²) >= 11 is 0. The molecule has 3 aromatic heterocycles. The summed E-state index contributed by atoms with van der Waals surface area (Å²) in [6, 6.07) is 8.52. The van der Waals surface area contributed by atoms with Crippen LogP contribution in [0.3, 0.4) is 0 Å². The highest BCUT2D eigenvalue weighted by Crippen LogP contribution is 2.29. The third-order valence-corrected chi connectivity index (χ3v) is 5.10. The summed E-state index contributed by atoms with van der Waals surface area (Å²) in [5, 5.41) is 22.2. The summed E-state index contributed by atoms with van der Waals surface area (Å²) in [5.41, 5.74) is 2.40. The molecule has 0 bridgehead atoms. The minimum absolute atomic E-state index is 0.102. The predicted octanol–water partition coefficient (Wildman–Crippen LogP) is 3.72. The Morgan fingerprint density at radius 1 is 1.15 bits per heavy atom. The number of alkyl halides is 3. The molecule has 0 amide bonds. The van der Waals surface area contributed by atoms with E-state index in [0.29, 0.717) is 6.07 Å². The quantitative estimate of drug-likeness (QED) is 0.267. The molecule has 0 aliphatic carbocycles. The van der Waals surface area contributed by atoms with E-state index in [-0.39, 0.29) is 17.6 Å². The summed E-state index contributed by atoms with van der Waals surface area (Å²) in [6.45, 7) is 5.61. The number of aryl methyl sites for hydroxylation is 2. The smallest absolute Gasteiger partial charge is 0.433 e. The first kappa shape index (κ1) is 23.0. The van der Waals surface area contributed by atoms with Gasteiger partial charge in [-0.3, -0.25) is 9.51 Å². The molecule has 0 aliphatic heterocycles. The van der Waals surface area contributed by atoms with Crippen molar-refractivity contribution in [1.29, 1.82) is 0 Å². The summed E-state index contributed by atoms with van der Waals surface area (Å²) in [5.74, 6) is 0.622. The van der Waals surface area contributed by atoms with Gasteiger partial charge in [-0.1, -0.05) is 29.4 Å². The zero-order valence-corrected chi connectivity index (χ0v) is 18.3. The number of pyridine rings is 1. The fraction of sp³-hybridized carbons (Fsp3) is 0.227. The first-order chi connectivity index (χ1) is 16.1. The lowest BCUT2D eigenvalue weighted by Crippen LogP contribution is -2.39. The second-order valence-corrected chi connectivity index (χ2v) is 7.49. The Kier molecular flexibility index (Phi) is 6.05. The van der Waals surface area contributed by atoms with Gasteiger partial charge in [0, 0.05) is 29.9 Å². The Hall–Kier alpha value is -4.22. The van der Waals surface area contributed by atoms with Crippen molar-refractivity contribution in [2.75, 3.05) is 5.32 Å². The molecule has 34 heavy (non-hydrogen) atoms. The van der Waals surface area contributed by atoms with Crippen LogP contribution in [-0.2, 0) is 6.18 Å². The third kappa shape index (κ3) is 4.90. The molecule has 0 aliphatic rings. The third-order valence-electron chi connectivity index (χ3n) is 5.10. The molecule has 4 rings (SSSR count). The highest BCUT2D eigenvalue weighted by molar-refractivity contribution is 5.86. The van der Waals surface area contributed by atoms with Gasteiger partial charge in [0.15, 0.2) is 0 Å². The number of halogens is 3. The highest BCUT2D eigenvalue weighted by Gasteiger charge is 2.32. The summed E-state index contributed by atoms with van der Waals surface area (Å²) in [4.78, 5) is 6.93. The van der Waals surface area contributed by atoms with Gasteiger partial charge in [0.05, 0.1) is 11.7 Å². The number of nitrogens with one attached hydrogen (secondary N) is 1. The van der Waals surface area contributed by atoms with Crippen LogP contribution in [0.5, 0.6) is 0 Å². The van der Waals surface area contributed by atoms with Crippen molar-refractivity contribution in [3.05, 3.63) is 71.5 Å². The van der Waals surface area contributed by atoms with Gasteiger partial charge in [0.2, 0.25) is 11.3 Å². The molecule has 9 nitrogen and oxygen atoms in total. The van der Waals surface area contributed by atoms with E-state index < -0.39 is 17.9 Å². The number of aliphatic imine (C=N–C) groups is 1. The number of hydrogen-bond acceptors (Lipinski definition) is 7. The first-order valence-corrected chi connectivity index (χ1v) is 10.1. The molecule has 0 radical (unpaired) electrons. The minimum Gasteiger partial charge on any atom is -0.846 e. The van der Waals surface area contributed by atoms with E-state index in [2.05, 4.69) is 25.7 Å². The SMILES string of the molecule is Cc1noc(C)c1-c1ccc([C@@H](C)[n+]2cc(/N=C(\[O-])Nc3ccnc(C(F)(F)F)c3)on2)cc1. The lowest BCUT2D eigenvalue weighted by atomic mass is 10.0. The molecule has 0 saturated heterocycles. The molecule has 0 fully saturated rings. The van der Waals surface area contributed by atoms with E-state index in [1.807, 2.05) is 45.0 Å². The highest BCUT2D eigenvalue weighted by atomic mass is 19.4. The average molecular weight is 472 g/mol. The number of nitrogens with zero attached hydrogens (tertiary/aromatic N) is 5. The van der Waals surface area contributed by atoms with Crippen LogP contribution in [0, 0.1) is 13.8 Å². The first-order valence-electron chi connectivity index (χ1n) is 10.1. The standard InChI is InChI=1S/C22H19F3N6O3/c1-12-20(14(3)33-29-12)16-6-4-15(5-7-16)13(2)31-11-19(34-30-31)28-21(32)27-17-8-9-26-18(10-17)22(23,24)25/h4-11,13H,1-3H3,(H-,26,27,28,30,32)/t13-/m1/s1. The number of benzene rings is 1. The van der Waals surface area contributed by atoms with Gasteiger partial charge in [-0.2, -0.15) is 13.2 Å². The molecule has 1 atom stereocenters. The number of amidine groups is 1. The van der Waals surface area contributed by atoms with E-state index in [9.17, 15) is 18.3 Å². The second kappa shape index (κ2) is 8.96. The minimum atomic E-state index is -4.63. The van der Waals surface area contributed by atoms with Gasteiger partial charge in [-0.05, 0) is 36.2 Å². The molecule has 1 N–H and O–H groups in total. The topological polar surface area (TPSA) is 116 Å². The van der Waals surface area contributed by atoms with E-state index >= 15 is 0 Å². The number of rotatable bonds is 5. The van der Waals surface area contributed by atoms with Crippen molar-refractivity contribution in [3.8, 4) is 11.1 Å². The summed E-state index contributed by atoms with van der Waals surface area (Å²) in [6.07, 6.45) is -2.27. The van der Waals surface area contributed by atoms with Gasteiger partial charge < -0.3 is 14.9 Å². The number of hydrogen-bond donors (Lipinski definition) is 1. The fourth-order valence-electron chi connectivity index (χ4n) is 3.37. The van der Waals surface area contributed by atoms with Crippen molar-refractivity contribution in [1.82, 2.24) is 15.4 Å². The normalized spacial score (nSPS) is 13.2. The lowest BCUT2D eigenvalue weighted by Gasteiger charge is -2.13. The van der Waals surface area contributed by atoms with Crippen molar-refractivity contribution < 1.29 is 32.0 Å². The largest absolute Gasteiger partial charge is 0.846 e. The van der Waals surface area contributed by atoms with Crippen LogP contribution in [0.25, 0.3) is 11.1 Å². The zero-order chi connectivity index (χ0) is 24.5. The van der Waals surface area contributed by atoms with Crippen LogP contribution in [0.2, 0.25) is 0 Å². The number of anilines is 1. The van der Waals surface area contributed by atoms with E-state index in [4.69, 9.17) is 9.05 Å².